The predicted octanol–water partition coefficient (Wildman–Crippen LogP) is 5.87. The Morgan fingerprint density at radius 1 is 0.500 bits per heavy atom. The molecular formula is C25H47N3. The highest BCUT2D eigenvalue weighted by Gasteiger charge is 2.06. The quantitative estimate of drug-likeness (QED) is 0.274. The van der Waals surface area contributed by atoms with Crippen molar-refractivity contribution in [2.75, 3.05) is 26.2 Å². The Bertz CT molecular complexity index is 401. The molecule has 4 N–H and O–H groups in total. The fraction of sp³-hybridized carbons (Fsp3) is 0.760. The molecule has 0 aliphatic rings. The maximum Gasteiger partial charge on any atom is 0.0233 e. The summed E-state index contributed by atoms with van der Waals surface area (Å²) in [6.45, 7) is 5.29. The Kier molecular flexibility index (Phi) is 17.4. The van der Waals surface area contributed by atoms with E-state index in [1.165, 1.54) is 109 Å². The van der Waals surface area contributed by atoms with Crippen LogP contribution in [0.25, 0.3) is 0 Å². The lowest BCUT2D eigenvalue weighted by Gasteiger charge is -2.22. The highest BCUT2D eigenvalue weighted by Crippen LogP contribution is 2.12. The molecule has 1 aromatic rings. The van der Waals surface area contributed by atoms with Gasteiger partial charge in [0.2, 0.25) is 0 Å². The minimum absolute atomic E-state index is 0.849. The van der Waals surface area contributed by atoms with Crippen molar-refractivity contribution in [1.82, 2.24) is 4.90 Å². The molecule has 0 aliphatic carbocycles. The van der Waals surface area contributed by atoms with E-state index < -0.39 is 0 Å². The first-order valence-corrected chi connectivity index (χ1v) is 12.0. The molecule has 1 rings (SSSR count). The summed E-state index contributed by atoms with van der Waals surface area (Å²) in [5.74, 6) is 0. The molecule has 0 aliphatic heterocycles. The molecule has 0 atom stereocenters. The van der Waals surface area contributed by atoms with Gasteiger partial charge in [0.1, 0.15) is 0 Å². The van der Waals surface area contributed by atoms with E-state index in [-0.39, 0.29) is 0 Å². The summed E-state index contributed by atoms with van der Waals surface area (Å²) in [6.07, 6.45) is 18.6. The van der Waals surface area contributed by atoms with E-state index in [1.807, 2.05) is 0 Å². The molecule has 0 saturated carbocycles. The molecule has 0 heterocycles. The first-order valence-electron chi connectivity index (χ1n) is 12.0. The van der Waals surface area contributed by atoms with Crippen molar-refractivity contribution < 1.29 is 0 Å². The van der Waals surface area contributed by atoms with E-state index in [4.69, 9.17) is 11.5 Å². The molecule has 1 aromatic carbocycles. The van der Waals surface area contributed by atoms with Crippen LogP contribution in [0.2, 0.25) is 0 Å². The number of hydrogen-bond acceptors (Lipinski definition) is 3. The SMILES string of the molecule is NCCCCCCCCCN(CCCCCCCCCN)Cc1ccccc1. The lowest BCUT2D eigenvalue weighted by atomic mass is 10.1. The first-order chi connectivity index (χ1) is 13.9. The van der Waals surface area contributed by atoms with Crippen LogP contribution in [0.1, 0.15) is 95.5 Å². The predicted molar refractivity (Wildman–Crippen MR) is 124 cm³/mol. The maximum absolute atomic E-state index is 5.56. The molecule has 0 aromatic heterocycles. The summed E-state index contributed by atoms with van der Waals surface area (Å²) in [4.78, 5) is 2.68. The Morgan fingerprint density at radius 3 is 1.32 bits per heavy atom. The summed E-state index contributed by atoms with van der Waals surface area (Å²) in [5.41, 5.74) is 12.6. The average Bonchev–Trinajstić information content (AvgIpc) is 2.72. The van der Waals surface area contributed by atoms with Gasteiger partial charge in [-0.2, -0.15) is 0 Å². The number of unbranched alkanes of at least 4 members (excludes halogenated alkanes) is 12. The second kappa shape index (κ2) is 19.4. The van der Waals surface area contributed by atoms with Gasteiger partial charge in [-0.3, -0.25) is 4.90 Å². The average molecular weight is 390 g/mol. The molecule has 0 amide bonds. The normalized spacial score (nSPS) is 11.4. The van der Waals surface area contributed by atoms with E-state index >= 15 is 0 Å². The fourth-order valence-electron chi connectivity index (χ4n) is 3.84. The molecule has 3 heteroatoms. The van der Waals surface area contributed by atoms with Gasteiger partial charge in [0.25, 0.3) is 0 Å². The third-order valence-electron chi connectivity index (χ3n) is 5.61. The van der Waals surface area contributed by atoms with Crippen LogP contribution >= 0.6 is 0 Å². The van der Waals surface area contributed by atoms with Gasteiger partial charge in [-0.15, -0.1) is 0 Å². The third-order valence-corrected chi connectivity index (χ3v) is 5.61. The molecule has 0 spiro atoms. The van der Waals surface area contributed by atoms with Gasteiger partial charge in [0.05, 0.1) is 0 Å². The number of rotatable bonds is 20. The molecule has 0 fully saturated rings. The number of nitrogens with zero attached hydrogens (tertiary/aromatic N) is 1. The number of hydrogen-bond donors (Lipinski definition) is 2. The molecule has 0 unspecified atom stereocenters. The summed E-state index contributed by atoms with van der Waals surface area (Å²) < 4.78 is 0. The van der Waals surface area contributed by atoms with Crippen LogP contribution in [-0.4, -0.2) is 31.1 Å². The van der Waals surface area contributed by atoms with Crippen LogP contribution in [0.5, 0.6) is 0 Å². The van der Waals surface area contributed by atoms with E-state index in [0.717, 1.165) is 19.6 Å². The van der Waals surface area contributed by atoms with Crippen molar-refractivity contribution in [2.24, 2.45) is 11.5 Å². The Hall–Kier alpha value is -0.900. The Labute approximate surface area is 175 Å². The smallest absolute Gasteiger partial charge is 0.0233 e. The number of nitrogens with two attached hydrogens (primary N) is 2. The zero-order chi connectivity index (χ0) is 20.1. The van der Waals surface area contributed by atoms with Crippen molar-refractivity contribution >= 4 is 0 Å². The molecule has 0 radical (unpaired) electrons. The fourth-order valence-corrected chi connectivity index (χ4v) is 3.84. The van der Waals surface area contributed by atoms with Crippen molar-refractivity contribution in [3.63, 3.8) is 0 Å². The minimum atomic E-state index is 0.849. The van der Waals surface area contributed by atoms with Gasteiger partial charge in [-0.05, 0) is 57.4 Å². The second-order valence-electron chi connectivity index (χ2n) is 8.29. The summed E-state index contributed by atoms with van der Waals surface area (Å²) in [6, 6.07) is 11.0. The van der Waals surface area contributed by atoms with Crippen LogP contribution in [0, 0.1) is 0 Å². The monoisotopic (exact) mass is 389 g/mol. The summed E-state index contributed by atoms with van der Waals surface area (Å²) >= 11 is 0. The largest absolute Gasteiger partial charge is 0.330 e. The minimum Gasteiger partial charge on any atom is -0.330 e. The molecular weight excluding hydrogens is 342 g/mol. The lowest BCUT2D eigenvalue weighted by Crippen LogP contribution is -2.25. The zero-order valence-corrected chi connectivity index (χ0v) is 18.4. The molecule has 162 valence electrons. The van der Waals surface area contributed by atoms with E-state index in [0.29, 0.717) is 0 Å². The van der Waals surface area contributed by atoms with E-state index in [1.54, 1.807) is 0 Å². The Morgan fingerprint density at radius 2 is 0.893 bits per heavy atom. The summed E-state index contributed by atoms with van der Waals surface area (Å²) in [5, 5.41) is 0. The van der Waals surface area contributed by atoms with Gasteiger partial charge in [0.15, 0.2) is 0 Å². The van der Waals surface area contributed by atoms with Gasteiger partial charge in [0, 0.05) is 6.54 Å². The second-order valence-corrected chi connectivity index (χ2v) is 8.29. The molecule has 28 heavy (non-hydrogen) atoms. The van der Waals surface area contributed by atoms with Crippen molar-refractivity contribution in [3.05, 3.63) is 35.9 Å². The molecule has 0 bridgehead atoms. The van der Waals surface area contributed by atoms with Crippen molar-refractivity contribution in [1.29, 1.82) is 0 Å². The van der Waals surface area contributed by atoms with Gasteiger partial charge in [-0.1, -0.05) is 94.5 Å². The molecule has 0 saturated heterocycles. The van der Waals surface area contributed by atoms with Gasteiger partial charge < -0.3 is 11.5 Å². The van der Waals surface area contributed by atoms with Gasteiger partial charge >= 0.3 is 0 Å². The lowest BCUT2D eigenvalue weighted by molar-refractivity contribution is 0.252. The molecule has 3 nitrogen and oxygen atoms in total. The van der Waals surface area contributed by atoms with Crippen LogP contribution < -0.4 is 11.5 Å². The number of benzene rings is 1. The van der Waals surface area contributed by atoms with Gasteiger partial charge in [-0.25, -0.2) is 0 Å². The van der Waals surface area contributed by atoms with Crippen molar-refractivity contribution in [3.8, 4) is 0 Å². The maximum atomic E-state index is 5.56. The van der Waals surface area contributed by atoms with E-state index in [2.05, 4.69) is 35.2 Å². The van der Waals surface area contributed by atoms with Crippen LogP contribution in [-0.2, 0) is 6.54 Å². The van der Waals surface area contributed by atoms with Crippen LogP contribution in [0.3, 0.4) is 0 Å². The highest BCUT2D eigenvalue weighted by molar-refractivity contribution is 5.14. The van der Waals surface area contributed by atoms with Crippen LogP contribution in [0.4, 0.5) is 0 Å². The highest BCUT2D eigenvalue weighted by atomic mass is 15.1. The van der Waals surface area contributed by atoms with Crippen molar-refractivity contribution in [2.45, 2.75) is 96.4 Å². The van der Waals surface area contributed by atoms with E-state index in [9.17, 15) is 0 Å². The van der Waals surface area contributed by atoms with Crippen LogP contribution in [0.15, 0.2) is 30.3 Å². The Balaban J connectivity index is 2.17. The standard InChI is InChI=1S/C25H47N3/c26-20-14-7-3-1-5-9-16-22-28(24-25-18-12-11-13-19-25)23-17-10-6-2-4-8-15-21-27/h11-13,18-19H,1-10,14-17,20-24,26-27H2. The third kappa shape index (κ3) is 15.1. The first kappa shape index (κ1) is 25.1. The zero-order valence-electron chi connectivity index (χ0n) is 18.4. The summed E-state index contributed by atoms with van der Waals surface area (Å²) in [7, 11) is 0. The topological polar surface area (TPSA) is 55.3 Å².